The van der Waals surface area contributed by atoms with Gasteiger partial charge in [0.05, 0.1) is 11.6 Å². The summed E-state index contributed by atoms with van der Waals surface area (Å²) in [5.74, 6) is -10.5. The van der Waals surface area contributed by atoms with Gasteiger partial charge in [-0.15, -0.1) is 0 Å². The summed E-state index contributed by atoms with van der Waals surface area (Å²) in [6, 6.07) is -0.147. The van der Waals surface area contributed by atoms with Crippen molar-refractivity contribution in [3.05, 3.63) is 40.7 Å². The van der Waals surface area contributed by atoms with Crippen LogP contribution in [0.3, 0.4) is 0 Å². The van der Waals surface area contributed by atoms with Crippen LogP contribution in [0.1, 0.15) is 79.1 Å². The highest BCUT2D eigenvalue weighted by Crippen LogP contribution is 2.42. The number of halogens is 6. The fourth-order valence-electron chi connectivity index (χ4n) is 5.45. The Morgan fingerprint density at radius 1 is 1.04 bits per heavy atom. The Morgan fingerprint density at radius 3 is 2.27 bits per heavy atom. The van der Waals surface area contributed by atoms with Gasteiger partial charge in [-0.1, -0.05) is 25.1 Å². The Labute approximate surface area is 253 Å². The van der Waals surface area contributed by atoms with E-state index in [1.54, 1.807) is 13.8 Å². The molecule has 2 heterocycles. The molecule has 3 aromatic rings. The first-order valence-electron chi connectivity index (χ1n) is 14.2. The molecule has 1 unspecified atom stereocenters. The van der Waals surface area contributed by atoms with E-state index in [4.69, 9.17) is 0 Å². The number of carbonyl (C=O) groups is 3. The van der Waals surface area contributed by atoms with Crippen molar-refractivity contribution in [2.45, 2.75) is 83.0 Å². The lowest BCUT2D eigenvalue weighted by Crippen LogP contribution is -2.51. The number of aryl methyl sites for hydroxylation is 1. The van der Waals surface area contributed by atoms with E-state index in [1.807, 2.05) is 0 Å². The summed E-state index contributed by atoms with van der Waals surface area (Å²) in [4.78, 5) is 45.5. The molecule has 1 fully saturated rings. The first kappa shape index (κ1) is 33.7. The minimum atomic E-state index is -3.68. The maximum absolute atomic E-state index is 16.0. The second-order valence-electron chi connectivity index (χ2n) is 11.4. The molecule has 1 saturated carbocycles. The number of carbonyl (C=O) groups excluding carboxylic acids is 3. The molecule has 4 N–H and O–H groups in total. The van der Waals surface area contributed by atoms with Crippen LogP contribution in [-0.2, 0) is 9.59 Å². The van der Waals surface area contributed by atoms with Gasteiger partial charge in [-0.3, -0.25) is 14.4 Å². The second-order valence-corrected chi connectivity index (χ2v) is 11.4. The number of nitrogens with one attached hydrogen (secondary N) is 4. The van der Waals surface area contributed by atoms with Crippen LogP contribution in [0.25, 0.3) is 11.0 Å². The first-order chi connectivity index (χ1) is 21.1. The molecule has 0 radical (unpaired) electrons. The highest BCUT2D eigenvalue weighted by Gasteiger charge is 2.42. The number of alkyl halides is 5. The van der Waals surface area contributed by atoms with Gasteiger partial charge in [0.1, 0.15) is 29.0 Å². The van der Waals surface area contributed by atoms with Crippen molar-refractivity contribution >= 4 is 28.8 Å². The Balaban J connectivity index is 1.74. The predicted molar refractivity (Wildman–Crippen MR) is 147 cm³/mol. The SMILES string of the molecule is CNC(=O)[C@H](NC(=O)[C@H](c1ccc2[nH]c([C@@H](NC(=O)c3nonc3C)C3CCC(F)(F)CC3)nc2c1F)C(F)C(F)F)C(C)C. The molecule has 2 aromatic heterocycles. The molecule has 4 rings (SSSR count). The molecule has 0 saturated heterocycles. The fraction of sp³-hybridized carbons (Fsp3) is 0.571. The van der Waals surface area contributed by atoms with Gasteiger partial charge in [0.15, 0.2) is 17.7 Å². The lowest BCUT2D eigenvalue weighted by atomic mass is 9.81. The molecule has 11 nitrogen and oxygen atoms in total. The number of benzene rings is 1. The van der Waals surface area contributed by atoms with Crippen molar-refractivity contribution < 1.29 is 45.4 Å². The fourth-order valence-corrected chi connectivity index (χ4v) is 5.45. The van der Waals surface area contributed by atoms with Gasteiger partial charge in [-0.05, 0) is 42.8 Å². The molecule has 17 heteroatoms. The van der Waals surface area contributed by atoms with Crippen LogP contribution in [0.5, 0.6) is 0 Å². The third-order valence-corrected chi connectivity index (χ3v) is 7.99. The summed E-state index contributed by atoms with van der Waals surface area (Å²) >= 11 is 0. The number of aromatic nitrogens is 4. The van der Waals surface area contributed by atoms with Crippen molar-refractivity contribution in [3.63, 3.8) is 0 Å². The van der Waals surface area contributed by atoms with Crippen molar-refractivity contribution in [2.75, 3.05) is 7.05 Å². The summed E-state index contributed by atoms with van der Waals surface area (Å²) in [6.07, 6.45) is -7.82. The zero-order valence-electron chi connectivity index (χ0n) is 24.8. The number of imidazole rings is 1. The zero-order valence-corrected chi connectivity index (χ0v) is 24.8. The first-order valence-corrected chi connectivity index (χ1v) is 14.2. The molecule has 0 aliphatic heterocycles. The van der Waals surface area contributed by atoms with E-state index in [9.17, 15) is 36.3 Å². The van der Waals surface area contributed by atoms with Gasteiger partial charge >= 0.3 is 0 Å². The number of rotatable bonds is 11. The molecule has 1 aliphatic carbocycles. The molecule has 246 valence electrons. The number of aromatic amines is 1. The third-order valence-electron chi connectivity index (χ3n) is 7.99. The number of hydrogen-bond donors (Lipinski definition) is 4. The van der Waals surface area contributed by atoms with Crippen LogP contribution < -0.4 is 16.0 Å². The largest absolute Gasteiger partial charge is 0.357 e. The highest BCUT2D eigenvalue weighted by molar-refractivity contribution is 5.93. The van der Waals surface area contributed by atoms with Crippen molar-refractivity contribution in [1.29, 1.82) is 0 Å². The molecule has 0 bridgehead atoms. The summed E-state index contributed by atoms with van der Waals surface area (Å²) in [5.41, 5.74) is -1.22. The van der Waals surface area contributed by atoms with Crippen molar-refractivity contribution in [3.8, 4) is 0 Å². The van der Waals surface area contributed by atoms with Crippen molar-refractivity contribution in [1.82, 2.24) is 36.2 Å². The highest BCUT2D eigenvalue weighted by atomic mass is 19.3. The van der Waals surface area contributed by atoms with Gasteiger partial charge in [-0.25, -0.2) is 36.0 Å². The van der Waals surface area contributed by atoms with Gasteiger partial charge < -0.3 is 20.9 Å². The van der Waals surface area contributed by atoms with Crippen LogP contribution in [0.15, 0.2) is 16.8 Å². The topological polar surface area (TPSA) is 155 Å². The number of nitrogens with zero attached hydrogens (tertiary/aromatic N) is 3. The van der Waals surface area contributed by atoms with Crippen LogP contribution in [-0.4, -0.2) is 69.6 Å². The van der Waals surface area contributed by atoms with Gasteiger partial charge in [0, 0.05) is 25.5 Å². The minimum absolute atomic E-state index is 0.00273. The van der Waals surface area contributed by atoms with E-state index in [2.05, 4.69) is 40.9 Å². The molecule has 0 spiro atoms. The number of amides is 3. The smallest absolute Gasteiger partial charge is 0.276 e. The molecular formula is C28H33F6N7O4. The summed E-state index contributed by atoms with van der Waals surface area (Å²) in [7, 11) is 1.29. The number of hydrogen-bond acceptors (Lipinski definition) is 7. The van der Waals surface area contributed by atoms with Gasteiger partial charge in [0.2, 0.25) is 17.7 Å². The molecule has 45 heavy (non-hydrogen) atoms. The Kier molecular flexibility index (Phi) is 10.1. The minimum Gasteiger partial charge on any atom is -0.357 e. The molecular weight excluding hydrogens is 612 g/mol. The summed E-state index contributed by atoms with van der Waals surface area (Å²) < 4.78 is 90.7. The average Bonchev–Trinajstić information content (AvgIpc) is 3.62. The summed E-state index contributed by atoms with van der Waals surface area (Å²) in [6.45, 7) is 4.59. The van der Waals surface area contributed by atoms with Crippen LogP contribution in [0, 0.1) is 24.6 Å². The monoisotopic (exact) mass is 645 g/mol. The molecule has 1 aromatic carbocycles. The lowest BCUT2D eigenvalue weighted by Gasteiger charge is -2.33. The molecule has 1 aliphatic rings. The molecule has 3 amide bonds. The summed E-state index contributed by atoms with van der Waals surface area (Å²) in [5, 5.41) is 14.3. The van der Waals surface area contributed by atoms with Crippen LogP contribution in [0.2, 0.25) is 0 Å². The Hall–Kier alpha value is -4.18. The second kappa shape index (κ2) is 13.4. The Morgan fingerprint density at radius 2 is 1.71 bits per heavy atom. The van der Waals surface area contributed by atoms with Crippen LogP contribution >= 0.6 is 0 Å². The van der Waals surface area contributed by atoms with E-state index < -0.39 is 95.8 Å². The van der Waals surface area contributed by atoms with Gasteiger partial charge in [-0.2, -0.15) is 0 Å². The van der Waals surface area contributed by atoms with Gasteiger partial charge in [0.25, 0.3) is 12.3 Å². The third kappa shape index (κ3) is 7.22. The predicted octanol–water partition coefficient (Wildman–Crippen LogP) is 4.26. The Bertz CT molecular complexity index is 1530. The van der Waals surface area contributed by atoms with E-state index in [0.29, 0.717) is 0 Å². The van der Waals surface area contributed by atoms with Crippen molar-refractivity contribution in [2.24, 2.45) is 11.8 Å². The standard InChI is InChI=1S/C28H33F6N7O4/c1-11(2)19(26(43)35-4)38-25(42)16(18(30)23(31)32)14-5-6-15-22(17(14)29)37-24(36-15)21(13-7-9-28(33,34)10-8-13)39-27(44)20-12(3)40-45-41-20/h5-6,11,13,16,18-19,21,23H,7-10H2,1-4H3,(H,35,43)(H,36,37)(H,38,42)(H,39,44)/t16-,18?,19-,21+/m1/s1. The number of likely N-dealkylation sites (N-methyl/N-ethyl adjacent to an activating group) is 1. The van der Waals surface area contributed by atoms with Crippen LogP contribution in [0.4, 0.5) is 26.3 Å². The molecule has 4 atom stereocenters. The normalized spacial score (nSPS) is 18.0. The van der Waals surface area contributed by atoms with E-state index in [1.165, 1.54) is 20.0 Å². The zero-order chi connectivity index (χ0) is 33.2. The maximum atomic E-state index is 16.0. The van der Waals surface area contributed by atoms with E-state index in [0.717, 1.165) is 6.07 Å². The quantitative estimate of drug-likeness (QED) is 0.227. The van der Waals surface area contributed by atoms with E-state index in [-0.39, 0.29) is 35.6 Å². The average molecular weight is 646 g/mol. The van der Waals surface area contributed by atoms with E-state index >= 15 is 4.39 Å². The number of H-pyrrole nitrogens is 1. The maximum Gasteiger partial charge on any atom is 0.276 e. The number of fused-ring (bicyclic) bond motifs is 1. The lowest BCUT2D eigenvalue weighted by molar-refractivity contribution is -0.132.